The van der Waals surface area contributed by atoms with E-state index in [1.165, 1.54) is 0 Å². The first-order valence-electron chi connectivity index (χ1n) is 11.0. The molecule has 0 spiro atoms. The molecule has 1 aliphatic rings. The van der Waals surface area contributed by atoms with Gasteiger partial charge in [-0.25, -0.2) is 9.78 Å². The van der Waals surface area contributed by atoms with Gasteiger partial charge in [-0.05, 0) is 47.6 Å². The SMILES string of the molecule is CC1CC(=Cc2ccccc2)c2nc3ccccc3c(C(=O)OCC(=O)NCCC#N)c2C1. The van der Waals surface area contributed by atoms with Crippen LogP contribution in [0.5, 0.6) is 0 Å². The number of hydrogen-bond donors (Lipinski definition) is 1. The van der Waals surface area contributed by atoms with E-state index < -0.39 is 18.5 Å². The quantitative estimate of drug-likeness (QED) is 0.450. The second-order valence-electron chi connectivity index (χ2n) is 8.26. The molecule has 1 unspecified atom stereocenters. The summed E-state index contributed by atoms with van der Waals surface area (Å²) in [5, 5.41) is 11.9. The van der Waals surface area contributed by atoms with Crippen LogP contribution in [-0.2, 0) is 16.0 Å². The molecule has 0 saturated carbocycles. The molecule has 1 atom stereocenters. The van der Waals surface area contributed by atoms with E-state index in [2.05, 4.69) is 18.3 Å². The third kappa shape index (κ3) is 5.09. The number of amides is 1. The summed E-state index contributed by atoms with van der Waals surface area (Å²) >= 11 is 0. The molecule has 0 radical (unpaired) electrons. The Morgan fingerprint density at radius 3 is 2.70 bits per heavy atom. The maximum Gasteiger partial charge on any atom is 0.339 e. The van der Waals surface area contributed by atoms with Crippen molar-refractivity contribution >= 4 is 34.4 Å². The zero-order valence-corrected chi connectivity index (χ0v) is 18.5. The number of nitriles is 1. The zero-order valence-electron chi connectivity index (χ0n) is 18.5. The molecule has 1 N–H and O–H groups in total. The third-order valence-electron chi connectivity index (χ3n) is 5.66. The minimum absolute atomic E-state index is 0.205. The molecular formula is C27H25N3O3. The van der Waals surface area contributed by atoms with E-state index in [4.69, 9.17) is 15.0 Å². The van der Waals surface area contributed by atoms with Gasteiger partial charge in [0, 0.05) is 11.9 Å². The number of aromatic nitrogens is 1. The van der Waals surface area contributed by atoms with Crippen molar-refractivity contribution in [3.05, 3.63) is 77.0 Å². The Hall–Kier alpha value is -3.98. The first-order chi connectivity index (χ1) is 16.1. The monoisotopic (exact) mass is 439 g/mol. The number of fused-ring (bicyclic) bond motifs is 2. The van der Waals surface area contributed by atoms with Gasteiger partial charge in [0.05, 0.1) is 29.3 Å². The van der Waals surface area contributed by atoms with Crippen LogP contribution in [-0.4, -0.2) is 30.0 Å². The van der Waals surface area contributed by atoms with E-state index >= 15 is 0 Å². The van der Waals surface area contributed by atoms with Crippen LogP contribution in [0.25, 0.3) is 22.6 Å². The number of allylic oxidation sites excluding steroid dienone is 1. The third-order valence-corrected chi connectivity index (χ3v) is 5.66. The van der Waals surface area contributed by atoms with Gasteiger partial charge in [0.1, 0.15) is 0 Å². The van der Waals surface area contributed by atoms with Crippen LogP contribution in [0.2, 0.25) is 0 Å². The van der Waals surface area contributed by atoms with Crippen molar-refractivity contribution in [3.63, 3.8) is 0 Å². The number of hydrogen-bond acceptors (Lipinski definition) is 5. The Balaban J connectivity index is 1.73. The maximum absolute atomic E-state index is 13.2. The zero-order chi connectivity index (χ0) is 23.2. The smallest absolute Gasteiger partial charge is 0.339 e. The van der Waals surface area contributed by atoms with Gasteiger partial charge in [0.2, 0.25) is 0 Å². The fourth-order valence-corrected chi connectivity index (χ4v) is 4.23. The lowest BCUT2D eigenvalue weighted by Gasteiger charge is -2.26. The number of pyridine rings is 1. The Morgan fingerprint density at radius 2 is 1.91 bits per heavy atom. The van der Waals surface area contributed by atoms with Crippen LogP contribution >= 0.6 is 0 Å². The van der Waals surface area contributed by atoms with Crippen molar-refractivity contribution in [2.75, 3.05) is 13.2 Å². The Morgan fingerprint density at radius 1 is 1.15 bits per heavy atom. The van der Waals surface area contributed by atoms with Crippen molar-refractivity contribution in [2.45, 2.75) is 26.2 Å². The predicted molar refractivity (Wildman–Crippen MR) is 127 cm³/mol. The van der Waals surface area contributed by atoms with Crippen molar-refractivity contribution in [3.8, 4) is 6.07 Å². The highest BCUT2D eigenvalue weighted by molar-refractivity contribution is 6.07. The van der Waals surface area contributed by atoms with E-state index in [1.54, 1.807) is 0 Å². The molecule has 2 aromatic carbocycles. The number of carbonyl (C=O) groups excluding carboxylic acids is 2. The first kappa shape index (κ1) is 22.2. The van der Waals surface area contributed by atoms with Gasteiger partial charge in [0.15, 0.2) is 6.61 Å². The lowest BCUT2D eigenvalue weighted by Crippen LogP contribution is -2.30. The molecule has 166 valence electrons. The van der Waals surface area contributed by atoms with E-state index in [0.29, 0.717) is 17.9 Å². The molecule has 1 heterocycles. The van der Waals surface area contributed by atoms with Gasteiger partial charge in [-0.3, -0.25) is 4.79 Å². The number of para-hydroxylation sites is 1. The highest BCUT2D eigenvalue weighted by Crippen LogP contribution is 2.38. The number of esters is 1. The molecule has 0 aliphatic heterocycles. The van der Waals surface area contributed by atoms with Gasteiger partial charge in [-0.1, -0.05) is 55.5 Å². The van der Waals surface area contributed by atoms with Gasteiger partial charge in [-0.2, -0.15) is 5.26 Å². The number of carbonyl (C=O) groups is 2. The molecule has 6 heteroatoms. The van der Waals surface area contributed by atoms with E-state index in [9.17, 15) is 9.59 Å². The van der Waals surface area contributed by atoms with Crippen molar-refractivity contribution < 1.29 is 14.3 Å². The fraction of sp³-hybridized carbons (Fsp3) is 0.259. The second-order valence-corrected chi connectivity index (χ2v) is 8.26. The van der Waals surface area contributed by atoms with Crippen molar-refractivity contribution in [1.82, 2.24) is 10.3 Å². The summed E-state index contributed by atoms with van der Waals surface area (Å²) in [6.07, 6.45) is 3.91. The summed E-state index contributed by atoms with van der Waals surface area (Å²) in [6, 6.07) is 19.6. The van der Waals surface area contributed by atoms with Gasteiger partial charge in [-0.15, -0.1) is 0 Å². The van der Waals surface area contributed by atoms with Crippen LogP contribution in [0, 0.1) is 17.2 Å². The fourth-order valence-electron chi connectivity index (χ4n) is 4.23. The van der Waals surface area contributed by atoms with Gasteiger partial charge < -0.3 is 10.1 Å². The van der Waals surface area contributed by atoms with Crippen LogP contribution in [0.3, 0.4) is 0 Å². The Labute approximate surface area is 192 Å². The molecule has 0 bridgehead atoms. The standard InChI is InChI=1S/C27H25N3O3/c1-18-14-20(16-19-8-3-2-4-9-19)26-22(15-18)25(21-10-5-6-11-23(21)30-26)27(32)33-17-24(31)29-13-7-12-28/h2-6,8-11,16,18H,7,13-15,17H2,1H3,(H,29,31). The summed E-state index contributed by atoms with van der Waals surface area (Å²) < 4.78 is 5.40. The summed E-state index contributed by atoms with van der Waals surface area (Å²) in [6.45, 7) is 2.00. The number of ether oxygens (including phenoxy) is 1. The van der Waals surface area contributed by atoms with Crippen LogP contribution in [0.4, 0.5) is 0 Å². The molecule has 1 aromatic heterocycles. The largest absolute Gasteiger partial charge is 0.452 e. The molecule has 0 fully saturated rings. The average Bonchev–Trinajstić information content (AvgIpc) is 2.82. The number of benzene rings is 2. The molecule has 4 rings (SSSR count). The van der Waals surface area contributed by atoms with Crippen molar-refractivity contribution in [1.29, 1.82) is 5.26 Å². The molecule has 6 nitrogen and oxygen atoms in total. The highest BCUT2D eigenvalue weighted by atomic mass is 16.5. The number of nitrogens with zero attached hydrogens (tertiary/aromatic N) is 2. The van der Waals surface area contributed by atoms with Crippen LogP contribution in [0.1, 0.15) is 46.9 Å². The number of rotatable bonds is 6. The Bertz CT molecular complexity index is 1260. The first-order valence-corrected chi connectivity index (χ1v) is 11.0. The topological polar surface area (TPSA) is 92.1 Å². The molecule has 0 saturated heterocycles. The lowest BCUT2D eigenvalue weighted by atomic mass is 9.80. The number of nitrogens with one attached hydrogen (secondary N) is 1. The predicted octanol–water partition coefficient (Wildman–Crippen LogP) is 4.54. The Kier molecular flexibility index (Phi) is 6.80. The second kappa shape index (κ2) is 10.1. The van der Waals surface area contributed by atoms with E-state index in [1.807, 2.05) is 60.7 Å². The van der Waals surface area contributed by atoms with Crippen molar-refractivity contribution in [2.24, 2.45) is 5.92 Å². The molecule has 33 heavy (non-hydrogen) atoms. The molecule has 3 aromatic rings. The normalized spacial score (nSPS) is 16.1. The molecule has 1 aliphatic carbocycles. The minimum Gasteiger partial charge on any atom is -0.452 e. The van der Waals surface area contributed by atoms with E-state index in [0.717, 1.165) is 39.7 Å². The minimum atomic E-state index is -0.534. The summed E-state index contributed by atoms with van der Waals surface area (Å²) in [4.78, 5) is 30.2. The summed E-state index contributed by atoms with van der Waals surface area (Å²) in [5.41, 5.74) is 5.05. The summed E-state index contributed by atoms with van der Waals surface area (Å²) in [7, 11) is 0. The summed E-state index contributed by atoms with van der Waals surface area (Å²) in [5.74, 6) is -0.631. The van der Waals surface area contributed by atoms with Crippen LogP contribution in [0.15, 0.2) is 54.6 Å². The van der Waals surface area contributed by atoms with Gasteiger partial charge in [0.25, 0.3) is 5.91 Å². The molecular weight excluding hydrogens is 414 g/mol. The maximum atomic E-state index is 13.2. The van der Waals surface area contributed by atoms with Crippen LogP contribution < -0.4 is 5.32 Å². The lowest BCUT2D eigenvalue weighted by molar-refractivity contribution is -0.124. The average molecular weight is 440 g/mol. The van der Waals surface area contributed by atoms with E-state index in [-0.39, 0.29) is 13.0 Å². The van der Waals surface area contributed by atoms with Gasteiger partial charge >= 0.3 is 5.97 Å². The highest BCUT2D eigenvalue weighted by Gasteiger charge is 2.29. The molecule has 1 amide bonds.